The van der Waals surface area contributed by atoms with Crippen molar-refractivity contribution in [2.45, 2.75) is 6.42 Å². The Morgan fingerprint density at radius 3 is 2.00 bits per heavy atom. The summed E-state index contributed by atoms with van der Waals surface area (Å²) in [5.74, 6) is 1.94. The molecule has 0 spiro atoms. The van der Waals surface area contributed by atoms with Gasteiger partial charge in [-0.2, -0.15) is 0 Å². The standard InChI is InChI=1S/C13H17N2P/c1-2-4-13(5-3-1)16-14-7-11-6-12(9-14)10-15(16)8-11/h1-5,11-12H,6-10H2. The Kier molecular flexibility index (Phi) is 2.11. The van der Waals surface area contributed by atoms with Crippen LogP contribution in [0, 0.1) is 11.8 Å². The van der Waals surface area contributed by atoms with Gasteiger partial charge in [-0.3, -0.25) is 9.34 Å². The van der Waals surface area contributed by atoms with Crippen molar-refractivity contribution in [1.29, 1.82) is 0 Å². The second kappa shape index (κ2) is 3.53. The van der Waals surface area contributed by atoms with Crippen molar-refractivity contribution in [3.8, 4) is 0 Å². The van der Waals surface area contributed by atoms with Gasteiger partial charge in [-0.05, 0) is 18.3 Å². The molecule has 2 nitrogen and oxygen atoms in total. The van der Waals surface area contributed by atoms with Gasteiger partial charge in [0.25, 0.3) is 0 Å². The minimum Gasteiger partial charge on any atom is -0.266 e. The van der Waals surface area contributed by atoms with Gasteiger partial charge >= 0.3 is 0 Å². The Morgan fingerprint density at radius 2 is 1.44 bits per heavy atom. The van der Waals surface area contributed by atoms with E-state index in [1.54, 1.807) is 5.30 Å². The molecular weight excluding hydrogens is 215 g/mol. The quantitative estimate of drug-likeness (QED) is 0.682. The van der Waals surface area contributed by atoms with E-state index in [4.69, 9.17) is 0 Å². The summed E-state index contributed by atoms with van der Waals surface area (Å²) in [6, 6.07) is 11.1. The van der Waals surface area contributed by atoms with Gasteiger partial charge in [-0.25, -0.2) is 0 Å². The lowest BCUT2D eigenvalue weighted by Gasteiger charge is -2.57. The van der Waals surface area contributed by atoms with Crippen LogP contribution >= 0.6 is 8.22 Å². The summed E-state index contributed by atoms with van der Waals surface area (Å²) in [5.41, 5.74) is 0. The van der Waals surface area contributed by atoms with Gasteiger partial charge in [0, 0.05) is 31.5 Å². The number of hydrogen-bond acceptors (Lipinski definition) is 2. The predicted octanol–water partition coefficient (Wildman–Crippen LogP) is 1.89. The maximum atomic E-state index is 2.76. The molecule has 4 aliphatic rings. The van der Waals surface area contributed by atoms with Gasteiger partial charge < -0.3 is 0 Å². The van der Waals surface area contributed by atoms with Crippen molar-refractivity contribution in [3.63, 3.8) is 0 Å². The van der Waals surface area contributed by atoms with E-state index in [1.807, 2.05) is 0 Å². The molecule has 0 aliphatic carbocycles. The zero-order valence-corrected chi connectivity index (χ0v) is 10.3. The highest BCUT2D eigenvalue weighted by Crippen LogP contribution is 2.55. The third kappa shape index (κ3) is 1.37. The van der Waals surface area contributed by atoms with E-state index in [1.165, 1.54) is 32.6 Å². The number of hydrogen-bond donors (Lipinski definition) is 0. The fraction of sp³-hybridized carbons (Fsp3) is 0.538. The van der Waals surface area contributed by atoms with Crippen LogP contribution < -0.4 is 5.30 Å². The van der Waals surface area contributed by atoms with Crippen LogP contribution in [0.4, 0.5) is 0 Å². The van der Waals surface area contributed by atoms with Crippen molar-refractivity contribution in [1.82, 2.24) is 9.34 Å². The van der Waals surface area contributed by atoms with E-state index >= 15 is 0 Å². The van der Waals surface area contributed by atoms with Crippen LogP contribution in [0.5, 0.6) is 0 Å². The highest BCUT2D eigenvalue weighted by Gasteiger charge is 2.46. The van der Waals surface area contributed by atoms with Crippen molar-refractivity contribution >= 4 is 13.5 Å². The summed E-state index contributed by atoms with van der Waals surface area (Å²) in [4.78, 5) is 0. The third-order valence-electron chi connectivity index (χ3n) is 4.07. The zero-order valence-electron chi connectivity index (χ0n) is 9.42. The third-order valence-corrected chi connectivity index (χ3v) is 6.55. The normalized spacial score (nSPS) is 44.9. The Hall–Kier alpha value is -0.430. The Bertz CT molecular complexity index is 364. The lowest BCUT2D eigenvalue weighted by atomic mass is 9.87. The molecule has 1 aromatic rings. The monoisotopic (exact) mass is 232 g/mol. The summed E-state index contributed by atoms with van der Waals surface area (Å²) in [6.45, 7) is 5.42. The van der Waals surface area contributed by atoms with E-state index in [9.17, 15) is 0 Å². The first-order valence-electron chi connectivity index (χ1n) is 6.25. The zero-order chi connectivity index (χ0) is 10.5. The van der Waals surface area contributed by atoms with E-state index in [-0.39, 0.29) is 8.22 Å². The highest BCUT2D eigenvalue weighted by atomic mass is 31.1. The van der Waals surface area contributed by atoms with Crippen LogP contribution in [0.15, 0.2) is 30.3 Å². The topological polar surface area (TPSA) is 6.48 Å². The maximum absolute atomic E-state index is 2.76. The molecule has 5 rings (SSSR count). The van der Waals surface area contributed by atoms with Gasteiger partial charge in [0.15, 0.2) is 0 Å². The van der Waals surface area contributed by atoms with Crippen LogP contribution in [0.2, 0.25) is 0 Å². The molecule has 0 N–H and O–H groups in total. The van der Waals surface area contributed by atoms with E-state index in [0.717, 1.165) is 11.8 Å². The van der Waals surface area contributed by atoms with Crippen molar-refractivity contribution in [2.24, 2.45) is 11.8 Å². The molecule has 0 atom stereocenters. The smallest absolute Gasteiger partial charge is 0.0724 e. The average molecular weight is 232 g/mol. The fourth-order valence-corrected chi connectivity index (χ4v) is 6.59. The van der Waals surface area contributed by atoms with Crippen LogP contribution in [-0.4, -0.2) is 35.5 Å². The fourth-order valence-electron chi connectivity index (χ4n) is 3.60. The molecule has 4 saturated heterocycles. The molecule has 0 aromatic heterocycles. The first kappa shape index (κ1) is 9.58. The lowest BCUT2D eigenvalue weighted by Crippen LogP contribution is -2.58. The van der Waals surface area contributed by atoms with Crippen LogP contribution in [-0.2, 0) is 0 Å². The summed E-state index contributed by atoms with van der Waals surface area (Å²) < 4.78 is 5.52. The van der Waals surface area contributed by atoms with Gasteiger partial charge in [-0.1, -0.05) is 30.3 Å². The number of piperidine rings is 2. The molecular formula is C13H17N2P. The minimum absolute atomic E-state index is 0.134. The first-order valence-corrected chi connectivity index (χ1v) is 7.50. The first-order chi connectivity index (χ1) is 7.90. The molecule has 84 valence electrons. The van der Waals surface area contributed by atoms with Crippen LogP contribution in [0.25, 0.3) is 0 Å². The Balaban J connectivity index is 1.70. The van der Waals surface area contributed by atoms with Crippen molar-refractivity contribution in [2.75, 3.05) is 26.2 Å². The molecule has 0 amide bonds. The van der Waals surface area contributed by atoms with Gasteiger partial charge in [-0.15, -0.1) is 0 Å². The second-order valence-electron chi connectivity index (χ2n) is 5.34. The van der Waals surface area contributed by atoms with Gasteiger partial charge in [0.05, 0.1) is 8.22 Å². The van der Waals surface area contributed by atoms with Gasteiger partial charge in [0.1, 0.15) is 0 Å². The maximum Gasteiger partial charge on any atom is 0.0724 e. The van der Waals surface area contributed by atoms with Crippen LogP contribution in [0.1, 0.15) is 6.42 Å². The van der Waals surface area contributed by atoms with E-state index in [0.29, 0.717) is 0 Å². The molecule has 1 aromatic carbocycles. The van der Waals surface area contributed by atoms with Crippen molar-refractivity contribution < 1.29 is 0 Å². The molecule has 0 radical (unpaired) electrons. The summed E-state index contributed by atoms with van der Waals surface area (Å²) in [7, 11) is -0.134. The van der Waals surface area contributed by atoms with E-state index < -0.39 is 0 Å². The summed E-state index contributed by atoms with van der Waals surface area (Å²) >= 11 is 0. The molecule has 0 saturated carbocycles. The average Bonchev–Trinajstić information content (AvgIpc) is 2.29. The van der Waals surface area contributed by atoms with Gasteiger partial charge in [0.2, 0.25) is 0 Å². The minimum atomic E-state index is -0.134. The SMILES string of the molecule is c1ccc(P2N3CC4CC(C3)CN2C4)cc1. The predicted molar refractivity (Wildman–Crippen MR) is 67.7 cm³/mol. The molecule has 4 heterocycles. The number of nitrogens with zero attached hydrogens (tertiary/aromatic N) is 2. The summed E-state index contributed by atoms with van der Waals surface area (Å²) in [6.07, 6.45) is 1.49. The molecule has 4 bridgehead atoms. The van der Waals surface area contributed by atoms with Crippen molar-refractivity contribution in [3.05, 3.63) is 30.3 Å². The largest absolute Gasteiger partial charge is 0.266 e. The van der Waals surface area contributed by atoms with Crippen LogP contribution in [0.3, 0.4) is 0 Å². The number of rotatable bonds is 1. The van der Waals surface area contributed by atoms with E-state index in [2.05, 4.69) is 39.7 Å². The molecule has 4 aliphatic heterocycles. The molecule has 0 unspecified atom stereocenters. The Morgan fingerprint density at radius 1 is 0.875 bits per heavy atom. The molecule has 16 heavy (non-hydrogen) atoms. The highest BCUT2D eigenvalue weighted by molar-refractivity contribution is 7.61. The lowest BCUT2D eigenvalue weighted by molar-refractivity contribution is 0.0776. The molecule has 4 fully saturated rings. The number of benzene rings is 1. The Labute approximate surface area is 98.1 Å². The second-order valence-corrected chi connectivity index (χ2v) is 7.56. The molecule has 3 heteroatoms. The summed E-state index contributed by atoms with van der Waals surface area (Å²) in [5, 5.41) is 1.55.